The van der Waals surface area contributed by atoms with E-state index in [-0.39, 0.29) is 26.2 Å². The van der Waals surface area contributed by atoms with Crippen LogP contribution in [-0.4, -0.2) is 38.6 Å². The molecule has 0 saturated heterocycles. The largest absolute Gasteiger partial charge is 0.482 e. The molecule has 5 nitrogen and oxygen atoms in total. The van der Waals surface area contributed by atoms with E-state index >= 15 is 0 Å². The van der Waals surface area contributed by atoms with Crippen LogP contribution in [0.3, 0.4) is 0 Å². The Hall–Kier alpha value is -1.96. The number of alkyl halides is 3. The van der Waals surface area contributed by atoms with Crippen LogP contribution in [0.5, 0.6) is 5.75 Å². The van der Waals surface area contributed by atoms with E-state index in [2.05, 4.69) is 4.74 Å². The number of benzene rings is 1. The summed E-state index contributed by atoms with van der Waals surface area (Å²) < 4.78 is 49.5. The fourth-order valence-corrected chi connectivity index (χ4v) is 1.32. The SMILES string of the molecule is Nc1cccc(OCC(=O)OCCCOCC(F)(F)F)c1. The fourth-order valence-electron chi connectivity index (χ4n) is 1.32. The van der Waals surface area contributed by atoms with Crippen molar-refractivity contribution in [2.45, 2.75) is 12.6 Å². The van der Waals surface area contributed by atoms with Crippen molar-refractivity contribution in [3.63, 3.8) is 0 Å². The highest BCUT2D eigenvalue weighted by Gasteiger charge is 2.27. The Balaban J connectivity index is 2.07. The van der Waals surface area contributed by atoms with Crippen LogP contribution in [-0.2, 0) is 14.3 Å². The zero-order valence-electron chi connectivity index (χ0n) is 11.2. The Labute approximate surface area is 119 Å². The third-order valence-corrected chi connectivity index (χ3v) is 2.18. The molecule has 0 aliphatic carbocycles. The molecule has 21 heavy (non-hydrogen) atoms. The maximum absolute atomic E-state index is 11.7. The first-order chi connectivity index (χ1) is 9.87. The molecular formula is C13H16F3NO4. The number of nitrogen functional groups attached to an aromatic ring is 1. The molecular weight excluding hydrogens is 291 g/mol. The number of carbonyl (C=O) groups is 1. The standard InChI is InChI=1S/C13H16F3NO4/c14-13(15,16)9-19-5-2-6-20-12(18)8-21-11-4-1-3-10(17)7-11/h1,3-4,7H,2,5-6,8-9,17H2. The Morgan fingerprint density at radius 3 is 2.67 bits per heavy atom. The lowest BCUT2D eigenvalue weighted by Crippen LogP contribution is -2.19. The molecule has 118 valence electrons. The second-order valence-electron chi connectivity index (χ2n) is 4.10. The number of rotatable bonds is 8. The number of hydrogen-bond donors (Lipinski definition) is 1. The lowest BCUT2D eigenvalue weighted by Gasteiger charge is -2.09. The minimum Gasteiger partial charge on any atom is -0.482 e. The quantitative estimate of drug-likeness (QED) is 0.453. The second kappa shape index (κ2) is 8.35. The van der Waals surface area contributed by atoms with Gasteiger partial charge in [0.15, 0.2) is 6.61 Å². The van der Waals surface area contributed by atoms with Crippen molar-refractivity contribution >= 4 is 11.7 Å². The van der Waals surface area contributed by atoms with Gasteiger partial charge in [-0.2, -0.15) is 13.2 Å². The van der Waals surface area contributed by atoms with Crippen LogP contribution in [0.1, 0.15) is 6.42 Å². The van der Waals surface area contributed by atoms with E-state index in [1.807, 2.05) is 0 Å². The van der Waals surface area contributed by atoms with Gasteiger partial charge < -0.3 is 19.9 Å². The zero-order chi connectivity index (χ0) is 15.7. The highest BCUT2D eigenvalue weighted by Crippen LogP contribution is 2.15. The van der Waals surface area contributed by atoms with Gasteiger partial charge in [0.1, 0.15) is 12.4 Å². The summed E-state index contributed by atoms with van der Waals surface area (Å²) in [6, 6.07) is 6.53. The highest BCUT2D eigenvalue weighted by molar-refractivity contribution is 5.71. The molecule has 0 atom stereocenters. The molecule has 2 N–H and O–H groups in total. The Morgan fingerprint density at radius 2 is 2.00 bits per heavy atom. The van der Waals surface area contributed by atoms with Gasteiger partial charge in [0, 0.05) is 18.2 Å². The van der Waals surface area contributed by atoms with Crippen molar-refractivity contribution < 1.29 is 32.2 Å². The minimum atomic E-state index is -4.35. The van der Waals surface area contributed by atoms with E-state index in [0.717, 1.165) is 0 Å². The summed E-state index contributed by atoms with van der Waals surface area (Å²) in [5, 5.41) is 0. The second-order valence-corrected chi connectivity index (χ2v) is 4.10. The monoisotopic (exact) mass is 307 g/mol. The van der Waals surface area contributed by atoms with Crippen LogP contribution in [0.2, 0.25) is 0 Å². The summed E-state index contributed by atoms with van der Waals surface area (Å²) in [4.78, 5) is 11.3. The average Bonchev–Trinajstić information content (AvgIpc) is 2.39. The van der Waals surface area contributed by atoms with Crippen LogP contribution in [0.15, 0.2) is 24.3 Å². The summed E-state index contributed by atoms with van der Waals surface area (Å²) in [6.45, 7) is -1.77. The normalized spacial score (nSPS) is 11.2. The molecule has 0 heterocycles. The molecule has 8 heteroatoms. The van der Waals surface area contributed by atoms with Gasteiger partial charge in [-0.1, -0.05) is 6.07 Å². The molecule has 0 aliphatic rings. The molecule has 1 aromatic carbocycles. The number of halogens is 3. The van der Waals surface area contributed by atoms with Crippen molar-refractivity contribution in [1.29, 1.82) is 0 Å². The van der Waals surface area contributed by atoms with Crippen molar-refractivity contribution in [2.24, 2.45) is 0 Å². The minimum absolute atomic E-state index is 0.0308. The van der Waals surface area contributed by atoms with Gasteiger partial charge in [-0.25, -0.2) is 4.79 Å². The van der Waals surface area contributed by atoms with Crippen molar-refractivity contribution in [2.75, 3.05) is 32.2 Å². The third-order valence-electron chi connectivity index (χ3n) is 2.18. The van der Waals surface area contributed by atoms with E-state index in [1.54, 1.807) is 24.3 Å². The van der Waals surface area contributed by atoms with E-state index < -0.39 is 18.8 Å². The molecule has 0 aliphatic heterocycles. The zero-order valence-corrected chi connectivity index (χ0v) is 11.2. The molecule has 1 aromatic rings. The number of ether oxygens (including phenoxy) is 3. The number of anilines is 1. The lowest BCUT2D eigenvalue weighted by molar-refractivity contribution is -0.175. The molecule has 0 unspecified atom stereocenters. The summed E-state index contributed by atoms with van der Waals surface area (Å²) in [6.07, 6.45) is -4.16. The average molecular weight is 307 g/mol. The van der Waals surface area contributed by atoms with Crippen LogP contribution in [0.25, 0.3) is 0 Å². The molecule has 0 aromatic heterocycles. The van der Waals surface area contributed by atoms with Crippen molar-refractivity contribution in [3.05, 3.63) is 24.3 Å². The maximum Gasteiger partial charge on any atom is 0.411 e. The van der Waals surface area contributed by atoms with Gasteiger partial charge in [-0.15, -0.1) is 0 Å². The molecule has 0 amide bonds. The predicted molar refractivity (Wildman–Crippen MR) is 68.8 cm³/mol. The predicted octanol–water partition coefficient (Wildman–Crippen LogP) is 2.16. The van der Waals surface area contributed by atoms with E-state index in [0.29, 0.717) is 11.4 Å². The summed E-state index contributed by atoms with van der Waals surface area (Å²) in [5.74, 6) is -0.186. The molecule has 0 radical (unpaired) electrons. The smallest absolute Gasteiger partial charge is 0.411 e. The third kappa shape index (κ3) is 8.74. The van der Waals surface area contributed by atoms with Gasteiger partial charge >= 0.3 is 12.1 Å². The number of nitrogens with two attached hydrogens (primary N) is 1. The molecule has 0 bridgehead atoms. The number of hydrogen-bond acceptors (Lipinski definition) is 5. The van der Waals surface area contributed by atoms with Crippen LogP contribution in [0.4, 0.5) is 18.9 Å². The van der Waals surface area contributed by atoms with Crippen molar-refractivity contribution in [1.82, 2.24) is 0 Å². The van der Waals surface area contributed by atoms with Gasteiger partial charge in [-0.3, -0.25) is 0 Å². The summed E-state index contributed by atoms with van der Waals surface area (Å²) in [5.41, 5.74) is 6.03. The van der Waals surface area contributed by atoms with E-state index in [9.17, 15) is 18.0 Å². The first-order valence-electron chi connectivity index (χ1n) is 6.15. The molecule has 0 fully saturated rings. The Kier molecular flexibility index (Phi) is 6.80. The Bertz CT molecular complexity index is 451. The lowest BCUT2D eigenvalue weighted by atomic mass is 10.3. The fraction of sp³-hybridized carbons (Fsp3) is 0.462. The summed E-state index contributed by atoms with van der Waals surface area (Å²) in [7, 11) is 0. The van der Waals surface area contributed by atoms with Crippen LogP contribution in [0, 0.1) is 0 Å². The van der Waals surface area contributed by atoms with Crippen LogP contribution >= 0.6 is 0 Å². The van der Waals surface area contributed by atoms with Crippen LogP contribution < -0.4 is 10.5 Å². The van der Waals surface area contributed by atoms with E-state index in [4.69, 9.17) is 15.2 Å². The van der Waals surface area contributed by atoms with Gasteiger partial charge in [-0.05, 0) is 12.1 Å². The first kappa shape index (κ1) is 17.1. The van der Waals surface area contributed by atoms with Gasteiger partial charge in [0.25, 0.3) is 0 Å². The molecule has 0 saturated carbocycles. The topological polar surface area (TPSA) is 70.8 Å². The Morgan fingerprint density at radius 1 is 1.24 bits per heavy atom. The van der Waals surface area contributed by atoms with Crippen molar-refractivity contribution in [3.8, 4) is 5.75 Å². The number of carbonyl (C=O) groups excluding carboxylic acids is 1. The highest BCUT2D eigenvalue weighted by atomic mass is 19.4. The number of esters is 1. The molecule has 0 spiro atoms. The van der Waals surface area contributed by atoms with Gasteiger partial charge in [0.2, 0.25) is 0 Å². The first-order valence-corrected chi connectivity index (χ1v) is 6.15. The molecule has 1 rings (SSSR count). The maximum atomic E-state index is 11.7. The van der Waals surface area contributed by atoms with E-state index in [1.165, 1.54) is 0 Å². The summed E-state index contributed by atoms with van der Waals surface area (Å²) >= 11 is 0. The van der Waals surface area contributed by atoms with Gasteiger partial charge in [0.05, 0.1) is 13.2 Å².